The van der Waals surface area contributed by atoms with Gasteiger partial charge in [-0.2, -0.15) is 0 Å². The van der Waals surface area contributed by atoms with Crippen molar-refractivity contribution in [3.63, 3.8) is 0 Å². The van der Waals surface area contributed by atoms with Gasteiger partial charge in [-0.15, -0.1) is 0 Å². The minimum Gasteiger partial charge on any atom is -0.432 e. The number of carbonyl (C=O) groups excluding carboxylic acids is 2. The van der Waals surface area contributed by atoms with Gasteiger partial charge in [0.15, 0.2) is 12.6 Å². The lowest BCUT2D eigenvalue weighted by Crippen LogP contribution is -2.70. The number of hydrogen-bond donors (Lipinski definition) is 11. The molecule has 3 heterocycles. The van der Waals surface area contributed by atoms with Gasteiger partial charge in [0.1, 0.15) is 73.4 Å². The highest BCUT2D eigenvalue weighted by Crippen LogP contribution is 2.77. The number of rotatable bonds is 10. The summed E-state index contributed by atoms with van der Waals surface area (Å²) >= 11 is 0. The first-order chi connectivity index (χ1) is 31.4. The first kappa shape index (κ1) is 51.6. The predicted octanol–water partition coefficient (Wildman–Crippen LogP) is -0.826. The van der Waals surface area contributed by atoms with Crippen molar-refractivity contribution in [3.8, 4) is 0 Å². The van der Waals surface area contributed by atoms with Crippen molar-refractivity contribution in [2.75, 3.05) is 13.2 Å². The second-order valence-electron chi connectivity index (χ2n) is 22.8. The van der Waals surface area contributed by atoms with Gasteiger partial charge in [0.25, 0.3) is 0 Å². The maximum absolute atomic E-state index is 15.0. The zero-order valence-corrected chi connectivity index (χ0v) is 39.4. The van der Waals surface area contributed by atoms with E-state index in [0.717, 1.165) is 18.3 Å². The molecule has 0 bridgehead atoms. The summed E-state index contributed by atoms with van der Waals surface area (Å²) in [4.78, 5) is 27.7. The third-order valence-electron chi connectivity index (χ3n) is 19.6. The number of fused-ring (bicyclic) bond motifs is 7. The summed E-state index contributed by atoms with van der Waals surface area (Å²) in [5.74, 6) is -1.49. The van der Waals surface area contributed by atoms with Crippen LogP contribution in [0.3, 0.4) is 0 Å². The maximum atomic E-state index is 15.0. The van der Waals surface area contributed by atoms with Crippen molar-refractivity contribution >= 4 is 12.3 Å². The summed E-state index contributed by atoms with van der Waals surface area (Å²) in [7, 11) is 0. The highest BCUT2D eigenvalue weighted by Gasteiger charge is 2.74. The Labute approximate surface area is 391 Å². The van der Waals surface area contributed by atoms with E-state index < -0.39 is 145 Å². The first-order valence-corrected chi connectivity index (χ1v) is 24.3. The summed E-state index contributed by atoms with van der Waals surface area (Å²) in [5, 5.41) is 120. The minimum atomic E-state index is -1.89. The van der Waals surface area contributed by atoms with E-state index in [9.17, 15) is 65.8 Å². The van der Waals surface area contributed by atoms with E-state index in [2.05, 4.69) is 27.4 Å². The summed E-state index contributed by atoms with van der Waals surface area (Å²) < 4.78 is 34.6. The average molecular weight is 957 g/mol. The predicted molar refractivity (Wildman–Crippen MR) is 230 cm³/mol. The van der Waals surface area contributed by atoms with Gasteiger partial charge < -0.3 is 89.4 Å². The van der Waals surface area contributed by atoms with Crippen LogP contribution in [0.4, 0.5) is 0 Å². The molecule has 0 radical (unpaired) electrons. The quantitative estimate of drug-likeness (QED) is 0.0724. The fourth-order valence-corrected chi connectivity index (χ4v) is 15.7. The van der Waals surface area contributed by atoms with Crippen LogP contribution in [0.1, 0.15) is 99.3 Å². The largest absolute Gasteiger partial charge is 0.432 e. The summed E-state index contributed by atoms with van der Waals surface area (Å²) in [6.07, 6.45) is -20.0. The SMILES string of the molecule is C=C(C)[C@@H]1CC[C@]2(C(=O)O[C@@H]3O[C@H](CO[C@@H]4O[C@H](CO)[C@@H](O[C@H]5O[C@@H](C)[C@H](O)[C@@H](O)[C@H]5O)[C@H](O)[C@H]4O)[C@@H](O)[C@H](O)[C@H]3O)CC[C@]3(C)[C@H](C[C@@H](O)[C@@H]4[C@@]5(C)CC[C@@H](O)[C@@](C)(C=O)[C@@H]5CC[C@]43C)[C@@H]12. The van der Waals surface area contributed by atoms with Crippen LogP contribution >= 0.6 is 0 Å². The molecule has 3 saturated heterocycles. The molecule has 11 N–H and O–H groups in total. The molecular weight excluding hydrogens is 881 g/mol. The first-order valence-electron chi connectivity index (χ1n) is 24.3. The van der Waals surface area contributed by atoms with E-state index in [0.29, 0.717) is 51.4 Å². The van der Waals surface area contributed by atoms with Gasteiger partial charge in [-0.25, -0.2) is 0 Å². The van der Waals surface area contributed by atoms with E-state index in [-0.39, 0.29) is 35.0 Å². The standard InChI is InChI=1S/C48H76O19/c1-20(2)22-8-13-48(15-14-46(6)23(29(22)48)16-24(51)39-44(4)11-10-28(52)45(5,19-50)27(44)9-12-47(39,46)7)43(61)67-42-36(59)33(56)31(54)26(65-42)18-62-40-37(60)34(57)38(25(17-49)64-40)66-41-35(58)32(55)30(53)21(3)63-41/h19,21-42,49,51-60H,1,8-18H2,2-7H3/t21-,22-,23+,24+,25+,26+,27+,28+,29+,30-,31+,32+,33-,34+,35+,36+,37+,38+,39+,40+,41+,42-,44-,45-,46+,47+,48-/m0/s1. The Morgan fingerprint density at radius 1 is 0.716 bits per heavy atom. The Bertz CT molecular complexity index is 1840. The van der Waals surface area contributed by atoms with Crippen LogP contribution in [0.15, 0.2) is 12.2 Å². The van der Waals surface area contributed by atoms with Crippen molar-refractivity contribution in [2.24, 2.45) is 56.7 Å². The van der Waals surface area contributed by atoms with Crippen LogP contribution in [0.25, 0.3) is 0 Å². The number of carbonyl (C=O) groups is 2. The highest BCUT2D eigenvalue weighted by atomic mass is 16.8. The van der Waals surface area contributed by atoms with Gasteiger partial charge in [0.2, 0.25) is 6.29 Å². The summed E-state index contributed by atoms with van der Waals surface area (Å²) in [5.41, 5.74) is -2.28. The lowest BCUT2D eigenvalue weighted by molar-refractivity contribution is -0.361. The zero-order valence-electron chi connectivity index (χ0n) is 39.4. The Morgan fingerprint density at radius 3 is 2.01 bits per heavy atom. The fraction of sp³-hybridized carbons (Fsp3) is 0.917. The van der Waals surface area contributed by atoms with E-state index in [1.807, 2.05) is 13.8 Å². The second-order valence-corrected chi connectivity index (χ2v) is 22.8. The normalized spacial score (nSPS) is 56.4. The van der Waals surface area contributed by atoms with Gasteiger partial charge in [-0.05, 0) is 117 Å². The average Bonchev–Trinajstić information content (AvgIpc) is 3.70. The molecule has 8 aliphatic rings. The molecule has 67 heavy (non-hydrogen) atoms. The third-order valence-corrected chi connectivity index (χ3v) is 19.6. The highest BCUT2D eigenvalue weighted by molar-refractivity contribution is 5.78. The number of hydrogen-bond acceptors (Lipinski definition) is 19. The molecule has 0 spiro atoms. The van der Waals surface area contributed by atoms with Crippen molar-refractivity contribution in [2.45, 2.75) is 204 Å². The van der Waals surface area contributed by atoms with Gasteiger partial charge in [-0.1, -0.05) is 39.8 Å². The van der Waals surface area contributed by atoms with Crippen molar-refractivity contribution in [1.82, 2.24) is 0 Å². The Morgan fingerprint density at radius 2 is 1.36 bits per heavy atom. The van der Waals surface area contributed by atoms with E-state index >= 15 is 0 Å². The molecule has 3 aliphatic heterocycles. The van der Waals surface area contributed by atoms with E-state index in [1.165, 1.54) is 6.92 Å². The molecule has 8 rings (SSSR count). The molecule has 0 unspecified atom stereocenters. The Kier molecular flexibility index (Phi) is 14.1. The van der Waals surface area contributed by atoms with Gasteiger partial charge >= 0.3 is 5.97 Å². The number of allylic oxidation sites excluding steroid dienone is 1. The van der Waals surface area contributed by atoms with Gasteiger partial charge in [0, 0.05) is 0 Å². The Hall–Kier alpha value is -1.76. The topological polar surface area (TPSA) is 312 Å². The van der Waals surface area contributed by atoms with Crippen molar-refractivity contribution < 1.29 is 94.2 Å². The molecular formula is C48H76O19. The zero-order chi connectivity index (χ0) is 49.1. The maximum Gasteiger partial charge on any atom is 0.314 e. The second kappa shape index (κ2) is 18.4. The fourth-order valence-electron chi connectivity index (χ4n) is 15.7. The molecule has 382 valence electrons. The molecule has 0 aromatic carbocycles. The number of aliphatic hydroxyl groups is 11. The summed E-state index contributed by atoms with van der Waals surface area (Å²) in [6, 6.07) is 0. The molecule has 19 nitrogen and oxygen atoms in total. The van der Waals surface area contributed by atoms with Crippen LogP contribution in [0.5, 0.6) is 0 Å². The minimum absolute atomic E-state index is 0.0984. The molecule has 19 heteroatoms. The molecule has 8 fully saturated rings. The summed E-state index contributed by atoms with van der Waals surface area (Å²) in [6.45, 7) is 14.9. The van der Waals surface area contributed by atoms with Crippen molar-refractivity contribution in [1.29, 1.82) is 0 Å². The van der Waals surface area contributed by atoms with Crippen LogP contribution in [-0.4, -0.2) is 186 Å². The van der Waals surface area contributed by atoms with Crippen molar-refractivity contribution in [3.05, 3.63) is 12.2 Å². The van der Waals surface area contributed by atoms with E-state index in [4.69, 9.17) is 28.4 Å². The molecule has 0 amide bonds. The van der Waals surface area contributed by atoms with Crippen LogP contribution in [0.2, 0.25) is 0 Å². The van der Waals surface area contributed by atoms with Crippen LogP contribution in [-0.2, 0) is 38.0 Å². The smallest absolute Gasteiger partial charge is 0.314 e. The number of esters is 1. The molecule has 0 aromatic heterocycles. The molecule has 0 aromatic rings. The lowest BCUT2D eigenvalue weighted by atomic mass is 9.31. The molecule has 5 saturated carbocycles. The number of aldehydes is 1. The monoisotopic (exact) mass is 956 g/mol. The van der Waals surface area contributed by atoms with Gasteiger partial charge in [0.05, 0.1) is 42.4 Å². The van der Waals surface area contributed by atoms with Crippen LogP contribution < -0.4 is 0 Å². The molecule has 27 atom stereocenters. The molecule has 5 aliphatic carbocycles. The lowest BCUT2D eigenvalue weighted by Gasteiger charge is -2.73. The third kappa shape index (κ3) is 7.83. The van der Waals surface area contributed by atoms with Gasteiger partial charge in [-0.3, -0.25) is 4.79 Å². The Balaban J connectivity index is 0.979. The van der Waals surface area contributed by atoms with Crippen LogP contribution in [0, 0.1) is 56.7 Å². The van der Waals surface area contributed by atoms with E-state index in [1.54, 1.807) is 0 Å². The number of ether oxygens (including phenoxy) is 6. The number of aliphatic hydroxyl groups excluding tert-OH is 11.